The number of primary amides is 2. The van der Waals surface area contributed by atoms with E-state index in [1.54, 1.807) is 38.1 Å². The van der Waals surface area contributed by atoms with Crippen LogP contribution in [0.15, 0.2) is 78.9 Å². The molecule has 0 aliphatic carbocycles. The van der Waals surface area contributed by atoms with Gasteiger partial charge in [-0.2, -0.15) is 0 Å². The maximum absolute atomic E-state index is 13.5. The zero-order chi connectivity index (χ0) is 39.9. The van der Waals surface area contributed by atoms with Crippen molar-refractivity contribution in [3.63, 3.8) is 0 Å². The Bertz CT molecular complexity index is 1770. The van der Waals surface area contributed by atoms with Crippen LogP contribution < -0.4 is 27.0 Å². The van der Waals surface area contributed by atoms with E-state index in [0.717, 1.165) is 16.8 Å². The van der Waals surface area contributed by atoms with Gasteiger partial charge in [0.15, 0.2) is 0 Å². The van der Waals surface area contributed by atoms with E-state index >= 15 is 0 Å². The van der Waals surface area contributed by atoms with Crippen LogP contribution in [-0.2, 0) is 43.3 Å². The van der Waals surface area contributed by atoms with E-state index in [4.69, 9.17) is 11.5 Å². The zero-order valence-electron chi connectivity index (χ0n) is 31.1. The second-order valence-electron chi connectivity index (χ2n) is 14.0. The Morgan fingerprint density at radius 1 is 0.655 bits per heavy atom. The predicted molar refractivity (Wildman–Crippen MR) is 203 cm³/mol. The predicted octanol–water partition coefficient (Wildman–Crippen LogP) is 3.59. The van der Waals surface area contributed by atoms with Crippen LogP contribution in [0, 0.1) is 0 Å². The number of nitrogens with one attached hydrogen (secondary N) is 2. The number of hydrogen-bond donors (Lipinski definition) is 6. The summed E-state index contributed by atoms with van der Waals surface area (Å²) < 4.78 is 0. The Morgan fingerprint density at radius 2 is 1.04 bits per heavy atom. The van der Waals surface area contributed by atoms with Crippen LogP contribution in [0.2, 0.25) is 0 Å². The number of benzene rings is 3. The number of nitrogens with two attached hydrogens (primary N) is 2. The smallest absolute Gasteiger partial charge is 0.405 e. The van der Waals surface area contributed by atoms with Crippen LogP contribution in [0.3, 0.4) is 0 Å². The molecule has 2 fully saturated rings. The molecule has 0 saturated carbocycles. The van der Waals surface area contributed by atoms with Gasteiger partial charge in [0.1, 0.15) is 23.2 Å². The first-order chi connectivity index (χ1) is 26.3. The van der Waals surface area contributed by atoms with Gasteiger partial charge >= 0.3 is 12.2 Å². The summed E-state index contributed by atoms with van der Waals surface area (Å²) in [7, 11) is 0. The number of para-hydroxylation sites is 1. The molecule has 0 spiro atoms. The van der Waals surface area contributed by atoms with Crippen LogP contribution >= 0.6 is 0 Å². The standard InChI is InChI=1S/C40H49N7O8/c1-3-31(43-37(52)53)33(48)46-22-8-20-39(46,35(41)50)28-16-12-26(13-17-28)24-45(30-10-6-5-7-11-30)25-27-14-18-29(19-15-27)40(36(42)51)21-9-23-47(40)34(49)32(4-2)44-38(54)55/h5-7,10-19,31-32,43-44H,3-4,8-9,20-25H2,1-2H3,(H2,41,50)(H2,42,51)(H,52,53)(H,54,55)/t31-,32-,39-,40-/m0/s1. The lowest BCUT2D eigenvalue weighted by atomic mass is 9.85. The van der Waals surface area contributed by atoms with E-state index in [0.29, 0.717) is 49.9 Å². The molecular formula is C40H49N7O8. The number of hydrogen-bond acceptors (Lipinski definition) is 7. The van der Waals surface area contributed by atoms with Crippen molar-refractivity contribution in [3.05, 3.63) is 101 Å². The number of carbonyl (C=O) groups is 6. The minimum Gasteiger partial charge on any atom is -0.465 e. The first-order valence-electron chi connectivity index (χ1n) is 18.5. The maximum atomic E-state index is 13.5. The second kappa shape index (κ2) is 16.9. The maximum Gasteiger partial charge on any atom is 0.405 e. The van der Waals surface area contributed by atoms with Crippen molar-refractivity contribution in [2.75, 3.05) is 18.0 Å². The summed E-state index contributed by atoms with van der Waals surface area (Å²) in [6, 6.07) is 22.5. The van der Waals surface area contributed by atoms with Crippen molar-refractivity contribution in [2.24, 2.45) is 11.5 Å². The molecule has 2 aliphatic rings. The molecule has 15 heteroatoms. The van der Waals surface area contributed by atoms with Crippen LogP contribution in [-0.4, -0.2) is 81.0 Å². The highest BCUT2D eigenvalue weighted by molar-refractivity contribution is 5.95. The number of carbonyl (C=O) groups excluding carboxylic acids is 4. The first kappa shape index (κ1) is 40.1. The minimum atomic E-state index is -1.42. The average Bonchev–Trinajstić information content (AvgIpc) is 3.83. The summed E-state index contributed by atoms with van der Waals surface area (Å²) >= 11 is 0. The van der Waals surface area contributed by atoms with Gasteiger partial charge in [-0.1, -0.05) is 80.6 Å². The highest BCUT2D eigenvalue weighted by atomic mass is 16.4. The second-order valence-corrected chi connectivity index (χ2v) is 14.0. The molecule has 5 rings (SSSR count). The molecule has 0 radical (unpaired) electrons. The van der Waals surface area contributed by atoms with Gasteiger partial charge < -0.3 is 47.0 Å². The van der Waals surface area contributed by atoms with Crippen molar-refractivity contribution in [1.29, 1.82) is 0 Å². The first-order valence-corrected chi connectivity index (χ1v) is 18.5. The lowest BCUT2D eigenvalue weighted by Gasteiger charge is -2.38. The van der Waals surface area contributed by atoms with E-state index in [-0.39, 0.29) is 25.9 Å². The summed E-state index contributed by atoms with van der Waals surface area (Å²) in [6.07, 6.45) is -0.562. The molecule has 3 aromatic carbocycles. The van der Waals surface area contributed by atoms with Crippen LogP contribution in [0.25, 0.3) is 0 Å². The van der Waals surface area contributed by atoms with Crippen molar-refractivity contribution < 1.29 is 39.0 Å². The average molecular weight is 756 g/mol. The fourth-order valence-electron chi connectivity index (χ4n) is 8.07. The summed E-state index contributed by atoms with van der Waals surface area (Å²) in [4.78, 5) is 81.1. The lowest BCUT2D eigenvalue weighted by molar-refractivity contribution is -0.145. The minimum absolute atomic E-state index is 0.212. The van der Waals surface area contributed by atoms with E-state index in [1.165, 1.54) is 9.80 Å². The van der Waals surface area contributed by atoms with Crippen LogP contribution in [0.4, 0.5) is 15.3 Å². The van der Waals surface area contributed by atoms with Gasteiger partial charge in [-0.15, -0.1) is 0 Å². The molecule has 6 amide bonds. The monoisotopic (exact) mass is 755 g/mol. The number of likely N-dealkylation sites (tertiary alicyclic amines) is 2. The molecule has 2 aliphatic heterocycles. The fraction of sp³-hybridized carbons (Fsp3) is 0.400. The van der Waals surface area contributed by atoms with Gasteiger partial charge in [-0.25, -0.2) is 9.59 Å². The van der Waals surface area contributed by atoms with Gasteiger partial charge in [0, 0.05) is 31.9 Å². The quantitative estimate of drug-likeness (QED) is 0.133. The Balaban J connectivity index is 1.40. The van der Waals surface area contributed by atoms with Crippen LogP contribution in [0.1, 0.15) is 74.6 Å². The number of amides is 6. The third-order valence-electron chi connectivity index (χ3n) is 10.8. The third kappa shape index (κ3) is 8.05. The van der Waals surface area contributed by atoms with Crippen molar-refractivity contribution in [3.8, 4) is 0 Å². The molecule has 2 heterocycles. The zero-order valence-corrected chi connectivity index (χ0v) is 31.1. The summed E-state index contributed by atoms with van der Waals surface area (Å²) in [5, 5.41) is 23.1. The summed E-state index contributed by atoms with van der Waals surface area (Å²) in [5.41, 5.74) is 13.0. The molecule has 0 aromatic heterocycles. The van der Waals surface area contributed by atoms with Gasteiger partial charge in [0.2, 0.25) is 23.6 Å². The topological polar surface area (TPSA) is 229 Å². The molecule has 55 heavy (non-hydrogen) atoms. The Hall–Kier alpha value is -6.12. The normalized spacial score (nSPS) is 20.3. The number of carboxylic acid groups (broad SMARTS) is 2. The Morgan fingerprint density at radius 3 is 1.36 bits per heavy atom. The summed E-state index contributed by atoms with van der Waals surface area (Å²) in [5.74, 6) is -2.37. The lowest BCUT2D eigenvalue weighted by Crippen LogP contribution is -2.58. The van der Waals surface area contributed by atoms with Gasteiger partial charge in [0.25, 0.3) is 0 Å². The van der Waals surface area contributed by atoms with E-state index in [1.807, 2.05) is 54.6 Å². The molecule has 15 nitrogen and oxygen atoms in total. The van der Waals surface area contributed by atoms with Gasteiger partial charge in [-0.05, 0) is 72.9 Å². The molecule has 292 valence electrons. The van der Waals surface area contributed by atoms with Gasteiger partial charge in [-0.3, -0.25) is 19.2 Å². The molecule has 3 aromatic rings. The molecule has 4 atom stereocenters. The van der Waals surface area contributed by atoms with Gasteiger partial charge in [0.05, 0.1) is 0 Å². The highest BCUT2D eigenvalue weighted by Crippen LogP contribution is 2.41. The Kier molecular flexibility index (Phi) is 12.3. The molecule has 0 bridgehead atoms. The van der Waals surface area contributed by atoms with E-state index in [9.17, 15) is 39.0 Å². The van der Waals surface area contributed by atoms with Crippen molar-refractivity contribution >= 4 is 41.5 Å². The SMILES string of the molecule is CC[C@H](NC(=O)O)C(=O)N1CCC[C@@]1(C(N)=O)c1ccc(CN(Cc2ccc([C@]3(C(N)=O)CCCN3C(=O)[C@H](CC)NC(=O)O)cc2)c2ccccc2)cc1. The summed E-state index contributed by atoms with van der Waals surface area (Å²) in [6.45, 7) is 4.83. The highest BCUT2D eigenvalue weighted by Gasteiger charge is 2.52. The largest absolute Gasteiger partial charge is 0.465 e. The van der Waals surface area contributed by atoms with E-state index in [2.05, 4.69) is 15.5 Å². The van der Waals surface area contributed by atoms with E-state index < -0.39 is 59.0 Å². The molecular weight excluding hydrogens is 706 g/mol. The fourth-order valence-corrected chi connectivity index (χ4v) is 8.07. The van der Waals surface area contributed by atoms with Crippen LogP contribution in [0.5, 0.6) is 0 Å². The molecule has 0 unspecified atom stereocenters. The number of anilines is 1. The number of rotatable bonds is 15. The third-order valence-corrected chi connectivity index (χ3v) is 10.8. The molecule has 2 saturated heterocycles. The van der Waals surface area contributed by atoms with Crippen molar-refractivity contribution in [1.82, 2.24) is 20.4 Å². The number of nitrogens with zero attached hydrogens (tertiary/aromatic N) is 3. The Labute approximate surface area is 319 Å². The molecule has 8 N–H and O–H groups in total. The van der Waals surface area contributed by atoms with Crippen molar-refractivity contribution in [2.45, 2.75) is 88.6 Å².